The largest absolute Gasteiger partial charge is 0.315 e. The third-order valence-electron chi connectivity index (χ3n) is 2.46. The van der Waals surface area contributed by atoms with Crippen LogP contribution in [0.25, 0.3) is 0 Å². The molecule has 0 radical (unpaired) electrons. The molecule has 84 valence electrons. The molecule has 0 bridgehead atoms. The van der Waals surface area contributed by atoms with Crippen molar-refractivity contribution in [2.75, 3.05) is 0 Å². The van der Waals surface area contributed by atoms with Crippen LogP contribution in [0.3, 0.4) is 0 Å². The van der Waals surface area contributed by atoms with Gasteiger partial charge in [0.2, 0.25) is 0 Å². The highest BCUT2D eigenvalue weighted by Crippen LogP contribution is 2.20. The lowest BCUT2D eigenvalue weighted by Crippen LogP contribution is -2.19. The van der Waals surface area contributed by atoms with Gasteiger partial charge in [-0.15, -0.1) is 0 Å². The highest BCUT2D eigenvalue weighted by atomic mass is 16.1. The van der Waals surface area contributed by atoms with Gasteiger partial charge in [-0.05, 0) is 30.7 Å². The fraction of sp³-hybridized carbons (Fsp3) is 0.615. The van der Waals surface area contributed by atoms with Crippen LogP contribution in [-0.4, -0.2) is 4.57 Å². The first kappa shape index (κ1) is 12.0. The number of pyridine rings is 1. The van der Waals surface area contributed by atoms with Gasteiger partial charge in [0, 0.05) is 18.8 Å². The highest BCUT2D eigenvalue weighted by Gasteiger charge is 2.09. The summed E-state index contributed by atoms with van der Waals surface area (Å²) in [6, 6.07) is 3.51. The predicted molar refractivity (Wildman–Crippen MR) is 64.1 cm³/mol. The summed E-state index contributed by atoms with van der Waals surface area (Å²) in [5.41, 5.74) is 1.60. The zero-order valence-electron chi connectivity index (χ0n) is 10.2. The molecular weight excluding hydrogens is 186 g/mol. The molecule has 1 rings (SSSR count). The summed E-state index contributed by atoms with van der Waals surface area (Å²) >= 11 is 0. The number of aryl methyl sites for hydroxylation is 2. The van der Waals surface area contributed by atoms with Crippen molar-refractivity contribution in [1.82, 2.24) is 4.57 Å². The Morgan fingerprint density at radius 1 is 1.27 bits per heavy atom. The van der Waals surface area contributed by atoms with E-state index in [1.54, 1.807) is 10.6 Å². The van der Waals surface area contributed by atoms with E-state index in [4.69, 9.17) is 0 Å². The van der Waals surface area contributed by atoms with Crippen molar-refractivity contribution in [3.05, 3.63) is 34.2 Å². The maximum absolute atomic E-state index is 11.5. The molecule has 1 aromatic rings. The second-order valence-corrected chi connectivity index (χ2v) is 5.40. The number of hydrogen-bond donors (Lipinski definition) is 0. The van der Waals surface area contributed by atoms with Crippen LogP contribution in [0.1, 0.15) is 39.2 Å². The molecule has 0 atom stereocenters. The first-order valence-electron chi connectivity index (χ1n) is 5.56. The predicted octanol–water partition coefficient (Wildman–Crippen LogP) is 2.98. The van der Waals surface area contributed by atoms with Gasteiger partial charge in [-0.1, -0.05) is 26.8 Å². The quantitative estimate of drug-likeness (QED) is 0.747. The Morgan fingerprint density at radius 2 is 1.93 bits per heavy atom. The van der Waals surface area contributed by atoms with Gasteiger partial charge < -0.3 is 4.57 Å². The molecule has 0 saturated heterocycles. The SMILES string of the molecule is Cc1ccc(=O)n(CCCC(C)(C)C)c1. The summed E-state index contributed by atoms with van der Waals surface area (Å²) in [7, 11) is 0. The minimum absolute atomic E-state index is 0.106. The molecule has 0 spiro atoms. The Balaban J connectivity index is 2.58. The van der Waals surface area contributed by atoms with Crippen molar-refractivity contribution in [1.29, 1.82) is 0 Å². The third kappa shape index (κ3) is 4.32. The lowest BCUT2D eigenvalue weighted by Gasteiger charge is -2.18. The molecule has 0 amide bonds. The van der Waals surface area contributed by atoms with Gasteiger partial charge in [-0.25, -0.2) is 0 Å². The molecule has 1 heterocycles. The van der Waals surface area contributed by atoms with Crippen molar-refractivity contribution in [2.24, 2.45) is 5.41 Å². The van der Waals surface area contributed by atoms with Crippen molar-refractivity contribution < 1.29 is 0 Å². The van der Waals surface area contributed by atoms with Gasteiger partial charge in [0.15, 0.2) is 0 Å². The van der Waals surface area contributed by atoms with E-state index in [9.17, 15) is 4.79 Å². The molecule has 0 aliphatic carbocycles. The number of hydrogen-bond acceptors (Lipinski definition) is 1. The minimum atomic E-state index is 0.106. The van der Waals surface area contributed by atoms with Crippen LogP contribution in [0.4, 0.5) is 0 Å². The zero-order valence-corrected chi connectivity index (χ0v) is 10.2. The van der Waals surface area contributed by atoms with E-state index in [0.29, 0.717) is 5.41 Å². The standard InChI is InChI=1S/C13H21NO/c1-11-6-7-12(15)14(10-11)9-5-8-13(2,3)4/h6-7,10H,5,8-9H2,1-4H3. The van der Waals surface area contributed by atoms with Crippen LogP contribution in [0.2, 0.25) is 0 Å². The molecule has 0 unspecified atom stereocenters. The molecule has 0 N–H and O–H groups in total. The van der Waals surface area contributed by atoms with Crippen LogP contribution in [-0.2, 0) is 6.54 Å². The maximum Gasteiger partial charge on any atom is 0.250 e. The Labute approximate surface area is 91.9 Å². The fourth-order valence-electron chi connectivity index (χ4n) is 1.61. The van der Waals surface area contributed by atoms with E-state index in [2.05, 4.69) is 20.8 Å². The van der Waals surface area contributed by atoms with E-state index in [-0.39, 0.29) is 5.56 Å². The van der Waals surface area contributed by atoms with Gasteiger partial charge in [-0.3, -0.25) is 4.79 Å². The summed E-state index contributed by atoms with van der Waals surface area (Å²) in [6.45, 7) is 9.53. The Hall–Kier alpha value is -1.05. The van der Waals surface area contributed by atoms with Gasteiger partial charge in [0.05, 0.1) is 0 Å². The Morgan fingerprint density at radius 3 is 2.53 bits per heavy atom. The van der Waals surface area contributed by atoms with Crippen LogP contribution in [0.5, 0.6) is 0 Å². The van der Waals surface area contributed by atoms with E-state index in [1.807, 2.05) is 19.2 Å². The summed E-state index contributed by atoms with van der Waals surface area (Å²) in [5, 5.41) is 0. The van der Waals surface area contributed by atoms with Crippen molar-refractivity contribution >= 4 is 0 Å². The van der Waals surface area contributed by atoms with Crippen LogP contribution >= 0.6 is 0 Å². The molecule has 0 fully saturated rings. The maximum atomic E-state index is 11.5. The molecule has 15 heavy (non-hydrogen) atoms. The number of rotatable bonds is 3. The van der Waals surface area contributed by atoms with E-state index >= 15 is 0 Å². The second-order valence-electron chi connectivity index (χ2n) is 5.40. The van der Waals surface area contributed by atoms with Gasteiger partial charge in [0.1, 0.15) is 0 Å². The molecule has 0 saturated carbocycles. The van der Waals surface area contributed by atoms with Gasteiger partial charge >= 0.3 is 0 Å². The molecule has 0 aliphatic rings. The number of aromatic nitrogens is 1. The van der Waals surface area contributed by atoms with Gasteiger partial charge in [0.25, 0.3) is 5.56 Å². The zero-order chi connectivity index (χ0) is 11.5. The van der Waals surface area contributed by atoms with E-state index < -0.39 is 0 Å². The lowest BCUT2D eigenvalue weighted by atomic mass is 9.91. The monoisotopic (exact) mass is 207 g/mol. The summed E-state index contributed by atoms with van der Waals surface area (Å²) < 4.78 is 1.81. The summed E-state index contributed by atoms with van der Waals surface area (Å²) in [4.78, 5) is 11.5. The molecular formula is C13H21NO. The molecule has 0 aromatic carbocycles. The van der Waals surface area contributed by atoms with Crippen molar-refractivity contribution in [3.8, 4) is 0 Å². The van der Waals surface area contributed by atoms with Crippen LogP contribution in [0, 0.1) is 12.3 Å². The van der Waals surface area contributed by atoms with Crippen LogP contribution < -0.4 is 5.56 Å². The fourth-order valence-corrected chi connectivity index (χ4v) is 1.61. The molecule has 0 aliphatic heterocycles. The number of nitrogens with zero attached hydrogens (tertiary/aromatic N) is 1. The lowest BCUT2D eigenvalue weighted by molar-refractivity contribution is 0.352. The van der Waals surface area contributed by atoms with Gasteiger partial charge in [-0.2, -0.15) is 0 Å². The Kier molecular flexibility index (Phi) is 3.72. The summed E-state index contributed by atoms with van der Waals surface area (Å²) in [6.07, 6.45) is 4.14. The highest BCUT2D eigenvalue weighted by molar-refractivity contribution is 5.07. The normalized spacial score (nSPS) is 11.7. The minimum Gasteiger partial charge on any atom is -0.315 e. The first-order valence-corrected chi connectivity index (χ1v) is 5.56. The van der Waals surface area contributed by atoms with E-state index in [1.165, 1.54) is 0 Å². The first-order chi connectivity index (χ1) is 6.88. The van der Waals surface area contributed by atoms with Crippen molar-refractivity contribution in [2.45, 2.75) is 47.1 Å². The average Bonchev–Trinajstić information content (AvgIpc) is 2.09. The average molecular weight is 207 g/mol. The molecule has 2 heteroatoms. The summed E-state index contributed by atoms with van der Waals surface area (Å²) in [5.74, 6) is 0. The second kappa shape index (κ2) is 4.65. The molecule has 1 aromatic heterocycles. The third-order valence-corrected chi connectivity index (χ3v) is 2.46. The topological polar surface area (TPSA) is 22.0 Å². The van der Waals surface area contributed by atoms with Crippen molar-refractivity contribution in [3.63, 3.8) is 0 Å². The van der Waals surface area contributed by atoms with E-state index in [0.717, 1.165) is 24.9 Å². The molecule has 2 nitrogen and oxygen atoms in total. The smallest absolute Gasteiger partial charge is 0.250 e. The van der Waals surface area contributed by atoms with Crippen LogP contribution in [0.15, 0.2) is 23.1 Å². The Bertz CT molecular complexity index is 371.